The average Bonchev–Trinajstić information content (AvgIpc) is 2.74. The fraction of sp³-hybridized carbons (Fsp3) is 0.500. The summed E-state index contributed by atoms with van der Waals surface area (Å²) in [5.74, 6) is -1.47. The monoisotopic (exact) mass is 346 g/mol. The van der Waals surface area contributed by atoms with Crippen molar-refractivity contribution < 1.29 is 27.8 Å². The molecule has 3 N–H and O–H groups in total. The minimum atomic E-state index is -3.35. The van der Waals surface area contributed by atoms with Crippen molar-refractivity contribution >= 4 is 21.4 Å². The molecule has 0 saturated carbocycles. The van der Waals surface area contributed by atoms with Crippen LogP contribution in [0, 0.1) is 5.82 Å². The van der Waals surface area contributed by atoms with Crippen molar-refractivity contribution in [1.29, 1.82) is 0 Å². The normalized spacial score (nSPS) is 23.1. The maximum Gasteiger partial charge on any atom is 0.238 e. The lowest BCUT2D eigenvalue weighted by molar-refractivity contribution is -0.118. The Labute approximate surface area is 133 Å². The predicted octanol–water partition coefficient (Wildman–Crippen LogP) is -0.784. The van der Waals surface area contributed by atoms with E-state index in [1.54, 1.807) is 0 Å². The van der Waals surface area contributed by atoms with Gasteiger partial charge in [-0.25, -0.2) is 12.8 Å². The summed E-state index contributed by atoms with van der Waals surface area (Å²) >= 11 is 0. The highest BCUT2D eigenvalue weighted by Crippen LogP contribution is 2.18. The number of aliphatic hydroxyl groups is 2. The maximum absolute atomic E-state index is 12.8. The molecule has 23 heavy (non-hydrogen) atoms. The van der Waals surface area contributed by atoms with E-state index < -0.39 is 33.7 Å². The van der Waals surface area contributed by atoms with Gasteiger partial charge in [0.05, 0.1) is 36.8 Å². The van der Waals surface area contributed by atoms with Crippen LogP contribution in [0.25, 0.3) is 0 Å². The molecule has 1 saturated heterocycles. The third-order valence-electron chi connectivity index (χ3n) is 3.62. The Kier molecular flexibility index (Phi) is 5.69. The van der Waals surface area contributed by atoms with Crippen molar-refractivity contribution in [2.45, 2.75) is 12.1 Å². The molecule has 0 radical (unpaired) electrons. The molecule has 7 nitrogen and oxygen atoms in total. The van der Waals surface area contributed by atoms with Gasteiger partial charge in [0.2, 0.25) is 5.91 Å². The van der Waals surface area contributed by atoms with Crippen LogP contribution in [-0.4, -0.2) is 72.8 Å². The number of carbonyl (C=O) groups excluding carboxylic acids is 1. The van der Waals surface area contributed by atoms with Gasteiger partial charge in [0.1, 0.15) is 5.82 Å². The Hall–Kier alpha value is -1.55. The zero-order valence-electron chi connectivity index (χ0n) is 12.4. The van der Waals surface area contributed by atoms with Crippen LogP contribution in [0.2, 0.25) is 0 Å². The summed E-state index contributed by atoms with van der Waals surface area (Å²) in [6.45, 7) is -0.392. The number of nitrogens with one attached hydrogen (secondary N) is 1. The Morgan fingerprint density at radius 2 is 1.96 bits per heavy atom. The molecule has 0 spiro atoms. The number of nitrogens with zero attached hydrogens (tertiary/aromatic N) is 1. The van der Waals surface area contributed by atoms with Gasteiger partial charge in [0.25, 0.3) is 0 Å². The molecule has 2 atom stereocenters. The molecule has 0 bridgehead atoms. The largest absolute Gasteiger partial charge is 0.395 e. The third kappa shape index (κ3) is 4.96. The van der Waals surface area contributed by atoms with Crippen molar-refractivity contribution in [2.75, 3.05) is 36.5 Å². The van der Waals surface area contributed by atoms with Crippen LogP contribution < -0.4 is 5.32 Å². The lowest BCUT2D eigenvalue weighted by Gasteiger charge is -2.28. The topological polar surface area (TPSA) is 107 Å². The van der Waals surface area contributed by atoms with E-state index in [1.807, 2.05) is 0 Å². The fourth-order valence-electron chi connectivity index (χ4n) is 2.57. The number of aliphatic hydroxyl groups excluding tert-OH is 2. The molecular weight excluding hydrogens is 327 g/mol. The van der Waals surface area contributed by atoms with E-state index in [2.05, 4.69) is 5.32 Å². The second-order valence-corrected chi connectivity index (χ2v) is 7.61. The van der Waals surface area contributed by atoms with Crippen LogP contribution in [0.5, 0.6) is 0 Å². The van der Waals surface area contributed by atoms with Gasteiger partial charge >= 0.3 is 0 Å². The number of amides is 1. The fourth-order valence-corrected chi connectivity index (χ4v) is 4.40. The summed E-state index contributed by atoms with van der Waals surface area (Å²) < 4.78 is 36.0. The van der Waals surface area contributed by atoms with Crippen LogP contribution in [0.1, 0.15) is 0 Å². The van der Waals surface area contributed by atoms with E-state index in [0.29, 0.717) is 5.69 Å². The van der Waals surface area contributed by atoms with Gasteiger partial charge in [-0.1, -0.05) is 0 Å². The highest BCUT2D eigenvalue weighted by Gasteiger charge is 2.40. The molecule has 1 aromatic carbocycles. The lowest BCUT2D eigenvalue weighted by Crippen LogP contribution is -2.47. The standard InChI is InChI=1S/C14H19FN2O5S/c15-10-1-3-11(4-2-10)16-14(20)7-17(5-6-18)12-8-23(21,22)9-13(12)19/h1-4,12-13,18-19H,5-9H2,(H,16,20). The number of halogens is 1. The second kappa shape index (κ2) is 7.35. The van der Waals surface area contributed by atoms with E-state index >= 15 is 0 Å². The molecule has 1 aliphatic rings. The first kappa shape index (κ1) is 17.8. The van der Waals surface area contributed by atoms with Crippen LogP contribution >= 0.6 is 0 Å². The number of anilines is 1. The molecule has 1 heterocycles. The molecule has 0 aromatic heterocycles. The molecule has 2 rings (SSSR count). The van der Waals surface area contributed by atoms with Gasteiger partial charge in [-0.3, -0.25) is 9.69 Å². The SMILES string of the molecule is O=C(CN(CCO)C1CS(=O)(=O)CC1O)Nc1ccc(F)cc1. The van der Waals surface area contributed by atoms with Gasteiger partial charge in [0.15, 0.2) is 9.84 Å². The van der Waals surface area contributed by atoms with Gasteiger partial charge in [-0.15, -0.1) is 0 Å². The van der Waals surface area contributed by atoms with Crippen molar-refractivity contribution in [3.8, 4) is 0 Å². The number of carbonyl (C=O) groups is 1. The third-order valence-corrected chi connectivity index (χ3v) is 5.32. The molecule has 1 aliphatic heterocycles. The Bertz CT molecular complexity index is 650. The number of benzene rings is 1. The molecule has 1 fully saturated rings. The number of rotatable bonds is 6. The zero-order chi connectivity index (χ0) is 17.0. The lowest BCUT2D eigenvalue weighted by atomic mass is 10.2. The Balaban J connectivity index is 2.01. The van der Waals surface area contributed by atoms with Crippen molar-refractivity contribution in [3.05, 3.63) is 30.1 Å². The minimum Gasteiger partial charge on any atom is -0.395 e. The van der Waals surface area contributed by atoms with Gasteiger partial charge in [-0.05, 0) is 24.3 Å². The molecule has 0 aliphatic carbocycles. The predicted molar refractivity (Wildman–Crippen MR) is 82.1 cm³/mol. The first-order chi connectivity index (χ1) is 10.8. The van der Waals surface area contributed by atoms with E-state index in [1.165, 1.54) is 29.2 Å². The quantitative estimate of drug-likeness (QED) is 0.624. The molecule has 1 amide bonds. The molecule has 1 aromatic rings. The molecule has 128 valence electrons. The van der Waals surface area contributed by atoms with E-state index in [4.69, 9.17) is 5.11 Å². The van der Waals surface area contributed by atoms with Crippen molar-refractivity contribution in [3.63, 3.8) is 0 Å². The summed E-state index contributed by atoms with van der Waals surface area (Å²) in [7, 11) is -3.35. The van der Waals surface area contributed by atoms with Crippen molar-refractivity contribution in [1.82, 2.24) is 4.90 Å². The summed E-state index contributed by atoms with van der Waals surface area (Å²) in [5.41, 5.74) is 0.403. The smallest absolute Gasteiger partial charge is 0.238 e. The summed E-state index contributed by atoms with van der Waals surface area (Å²) in [6, 6.07) is 4.48. The minimum absolute atomic E-state index is 0.0636. The molecular formula is C14H19FN2O5S. The van der Waals surface area contributed by atoms with Crippen LogP contribution in [-0.2, 0) is 14.6 Å². The first-order valence-corrected chi connectivity index (χ1v) is 8.91. The van der Waals surface area contributed by atoms with Crippen molar-refractivity contribution in [2.24, 2.45) is 0 Å². The van der Waals surface area contributed by atoms with Gasteiger partial charge in [0, 0.05) is 12.2 Å². The van der Waals surface area contributed by atoms with Crippen LogP contribution in [0.15, 0.2) is 24.3 Å². The summed E-state index contributed by atoms with van der Waals surface area (Å²) in [4.78, 5) is 13.5. The van der Waals surface area contributed by atoms with Crippen LogP contribution in [0.3, 0.4) is 0 Å². The molecule has 2 unspecified atom stereocenters. The highest BCUT2D eigenvalue weighted by atomic mass is 32.2. The Morgan fingerprint density at radius 3 is 2.48 bits per heavy atom. The number of sulfone groups is 1. The Morgan fingerprint density at radius 1 is 1.30 bits per heavy atom. The van der Waals surface area contributed by atoms with E-state index in [0.717, 1.165) is 0 Å². The van der Waals surface area contributed by atoms with Gasteiger partial charge in [-0.2, -0.15) is 0 Å². The highest BCUT2D eigenvalue weighted by molar-refractivity contribution is 7.91. The first-order valence-electron chi connectivity index (χ1n) is 7.09. The maximum atomic E-state index is 12.8. The van der Waals surface area contributed by atoms with E-state index in [-0.39, 0.29) is 31.2 Å². The zero-order valence-corrected chi connectivity index (χ0v) is 13.2. The number of hydrogen-bond donors (Lipinski definition) is 3. The van der Waals surface area contributed by atoms with E-state index in [9.17, 15) is 22.7 Å². The molecule has 9 heteroatoms. The van der Waals surface area contributed by atoms with Gasteiger partial charge < -0.3 is 15.5 Å². The average molecular weight is 346 g/mol. The number of hydrogen-bond acceptors (Lipinski definition) is 6. The van der Waals surface area contributed by atoms with Crippen LogP contribution in [0.4, 0.5) is 10.1 Å². The summed E-state index contributed by atoms with van der Waals surface area (Å²) in [5, 5.41) is 21.5. The summed E-state index contributed by atoms with van der Waals surface area (Å²) in [6.07, 6.45) is -1.09. The second-order valence-electron chi connectivity index (χ2n) is 5.46.